The van der Waals surface area contributed by atoms with Gasteiger partial charge < -0.3 is 14.8 Å². The fraction of sp³-hybridized carbons (Fsp3) is 0.600. The second-order valence-electron chi connectivity index (χ2n) is 5.31. The van der Waals surface area contributed by atoms with Gasteiger partial charge in [0.2, 0.25) is 0 Å². The van der Waals surface area contributed by atoms with E-state index in [2.05, 4.69) is 5.32 Å². The van der Waals surface area contributed by atoms with Gasteiger partial charge in [0.1, 0.15) is 0 Å². The van der Waals surface area contributed by atoms with Crippen LogP contribution in [0.2, 0.25) is 0 Å². The summed E-state index contributed by atoms with van der Waals surface area (Å²) in [5.74, 6) is 1.98. The monoisotopic (exact) mass is 313 g/mol. The SMILES string of the molecule is CCNC(c1ccc(OC)c(OC)c1)C1CCS(=O)(=O)C1. The predicted octanol–water partition coefficient (Wildman–Crippen LogP) is 1.79. The molecule has 1 aromatic carbocycles. The number of nitrogens with one attached hydrogen (secondary N) is 1. The molecule has 0 saturated carbocycles. The summed E-state index contributed by atoms with van der Waals surface area (Å²) in [4.78, 5) is 0. The molecule has 21 heavy (non-hydrogen) atoms. The van der Waals surface area contributed by atoms with Crippen LogP contribution in [0.25, 0.3) is 0 Å². The molecule has 0 amide bonds. The van der Waals surface area contributed by atoms with Crippen LogP contribution in [-0.4, -0.2) is 40.7 Å². The van der Waals surface area contributed by atoms with Gasteiger partial charge in [0.15, 0.2) is 21.3 Å². The molecule has 6 heteroatoms. The summed E-state index contributed by atoms with van der Waals surface area (Å²) in [5, 5.41) is 3.41. The van der Waals surface area contributed by atoms with Crippen molar-refractivity contribution in [2.24, 2.45) is 5.92 Å². The molecule has 0 spiro atoms. The van der Waals surface area contributed by atoms with Crippen LogP contribution in [0, 0.1) is 5.92 Å². The lowest BCUT2D eigenvalue weighted by Crippen LogP contribution is -2.29. The molecule has 1 aliphatic heterocycles. The Hall–Kier alpha value is -1.27. The number of hydrogen-bond donors (Lipinski definition) is 1. The van der Waals surface area contributed by atoms with E-state index in [0.29, 0.717) is 17.9 Å². The second kappa shape index (κ2) is 6.66. The minimum atomic E-state index is -2.89. The molecular weight excluding hydrogens is 290 g/mol. The normalized spacial score (nSPS) is 22.0. The molecule has 0 bridgehead atoms. The van der Waals surface area contributed by atoms with Crippen molar-refractivity contribution in [1.29, 1.82) is 0 Å². The van der Waals surface area contributed by atoms with E-state index in [9.17, 15) is 8.42 Å². The molecule has 118 valence electrons. The van der Waals surface area contributed by atoms with Crippen molar-refractivity contribution < 1.29 is 17.9 Å². The zero-order valence-corrected chi connectivity index (χ0v) is 13.6. The van der Waals surface area contributed by atoms with Gasteiger partial charge in [-0.3, -0.25) is 0 Å². The molecule has 0 radical (unpaired) electrons. The molecule has 1 aliphatic rings. The minimum absolute atomic E-state index is 0.0204. The van der Waals surface area contributed by atoms with E-state index in [1.54, 1.807) is 14.2 Å². The van der Waals surface area contributed by atoms with Gasteiger partial charge in [-0.1, -0.05) is 13.0 Å². The zero-order chi connectivity index (χ0) is 15.5. The fourth-order valence-electron chi connectivity index (χ4n) is 2.91. The van der Waals surface area contributed by atoms with Gasteiger partial charge in [-0.25, -0.2) is 8.42 Å². The maximum absolute atomic E-state index is 11.7. The van der Waals surface area contributed by atoms with E-state index >= 15 is 0 Å². The van der Waals surface area contributed by atoms with Gasteiger partial charge in [0.25, 0.3) is 0 Å². The van der Waals surface area contributed by atoms with Crippen molar-refractivity contribution in [3.05, 3.63) is 23.8 Å². The Labute approximate surface area is 126 Å². The van der Waals surface area contributed by atoms with Crippen LogP contribution >= 0.6 is 0 Å². The third-order valence-corrected chi connectivity index (χ3v) is 5.72. The Morgan fingerprint density at radius 3 is 2.52 bits per heavy atom. The molecule has 5 nitrogen and oxygen atoms in total. The van der Waals surface area contributed by atoms with E-state index in [-0.39, 0.29) is 23.5 Å². The van der Waals surface area contributed by atoms with Gasteiger partial charge in [-0.05, 0) is 36.6 Å². The van der Waals surface area contributed by atoms with Crippen molar-refractivity contribution in [1.82, 2.24) is 5.32 Å². The Morgan fingerprint density at radius 1 is 1.29 bits per heavy atom. The smallest absolute Gasteiger partial charge is 0.161 e. The van der Waals surface area contributed by atoms with Crippen molar-refractivity contribution >= 4 is 9.84 Å². The first-order chi connectivity index (χ1) is 10.0. The van der Waals surface area contributed by atoms with Crippen LogP contribution in [-0.2, 0) is 9.84 Å². The van der Waals surface area contributed by atoms with Gasteiger partial charge in [0, 0.05) is 6.04 Å². The van der Waals surface area contributed by atoms with Crippen LogP contribution in [0.3, 0.4) is 0 Å². The zero-order valence-electron chi connectivity index (χ0n) is 12.8. The molecular formula is C15H23NO4S. The average molecular weight is 313 g/mol. The van der Waals surface area contributed by atoms with Crippen LogP contribution in [0.4, 0.5) is 0 Å². The fourth-order valence-corrected chi connectivity index (χ4v) is 4.75. The standard InChI is InChI=1S/C15H23NO4S/c1-4-16-15(12-7-8-21(17,18)10-12)11-5-6-13(19-2)14(9-11)20-3/h5-6,9,12,15-16H,4,7-8,10H2,1-3H3. The maximum atomic E-state index is 11.7. The van der Waals surface area contributed by atoms with Gasteiger partial charge in [0.05, 0.1) is 25.7 Å². The lowest BCUT2D eigenvalue weighted by molar-refractivity contribution is 0.351. The predicted molar refractivity (Wildman–Crippen MR) is 82.7 cm³/mol. The highest BCUT2D eigenvalue weighted by Crippen LogP contribution is 2.35. The molecule has 2 atom stereocenters. The molecule has 2 unspecified atom stereocenters. The average Bonchev–Trinajstić information content (AvgIpc) is 2.84. The number of hydrogen-bond acceptors (Lipinski definition) is 5. The molecule has 0 aliphatic carbocycles. The second-order valence-corrected chi connectivity index (χ2v) is 7.54. The summed E-state index contributed by atoms with van der Waals surface area (Å²) in [6.45, 7) is 2.81. The number of benzene rings is 1. The Morgan fingerprint density at radius 2 is 2.00 bits per heavy atom. The van der Waals surface area contributed by atoms with E-state index < -0.39 is 9.84 Å². The summed E-state index contributed by atoms with van der Waals surface area (Å²) >= 11 is 0. The first-order valence-electron chi connectivity index (χ1n) is 7.16. The molecule has 1 N–H and O–H groups in total. The minimum Gasteiger partial charge on any atom is -0.493 e. The highest BCUT2D eigenvalue weighted by molar-refractivity contribution is 7.91. The largest absolute Gasteiger partial charge is 0.493 e. The number of ether oxygens (including phenoxy) is 2. The van der Waals surface area contributed by atoms with Crippen molar-refractivity contribution in [3.8, 4) is 11.5 Å². The molecule has 1 saturated heterocycles. The lowest BCUT2D eigenvalue weighted by Gasteiger charge is -2.24. The summed E-state index contributed by atoms with van der Waals surface area (Å²) in [6, 6.07) is 5.78. The number of sulfone groups is 1. The highest BCUT2D eigenvalue weighted by atomic mass is 32.2. The Bertz CT molecular complexity index is 585. The summed E-state index contributed by atoms with van der Waals surface area (Å²) in [7, 11) is 0.310. The molecule has 1 aromatic rings. The van der Waals surface area contributed by atoms with E-state index in [0.717, 1.165) is 12.1 Å². The summed E-state index contributed by atoms with van der Waals surface area (Å²) in [5.41, 5.74) is 1.04. The van der Waals surface area contributed by atoms with Crippen molar-refractivity contribution in [2.75, 3.05) is 32.3 Å². The molecule has 2 rings (SSSR count). The first kappa shape index (κ1) is 16.1. The highest BCUT2D eigenvalue weighted by Gasteiger charge is 2.34. The van der Waals surface area contributed by atoms with E-state index in [1.807, 2.05) is 25.1 Å². The van der Waals surface area contributed by atoms with Crippen molar-refractivity contribution in [3.63, 3.8) is 0 Å². The lowest BCUT2D eigenvalue weighted by atomic mass is 9.92. The molecule has 1 heterocycles. The van der Waals surface area contributed by atoms with Crippen LogP contribution in [0.1, 0.15) is 24.9 Å². The Kier molecular flexibility index (Phi) is 5.11. The summed E-state index contributed by atoms with van der Waals surface area (Å²) < 4.78 is 34.1. The molecule has 0 aromatic heterocycles. The van der Waals surface area contributed by atoms with E-state index in [1.165, 1.54) is 0 Å². The topological polar surface area (TPSA) is 64.6 Å². The van der Waals surface area contributed by atoms with E-state index in [4.69, 9.17) is 9.47 Å². The third kappa shape index (κ3) is 3.68. The first-order valence-corrected chi connectivity index (χ1v) is 8.98. The Balaban J connectivity index is 2.30. The molecule has 1 fully saturated rings. The third-order valence-electron chi connectivity index (χ3n) is 3.93. The van der Waals surface area contributed by atoms with Crippen molar-refractivity contribution in [2.45, 2.75) is 19.4 Å². The summed E-state index contributed by atoms with van der Waals surface area (Å²) in [6.07, 6.45) is 0.703. The van der Waals surface area contributed by atoms with Gasteiger partial charge >= 0.3 is 0 Å². The number of rotatable bonds is 6. The quantitative estimate of drug-likeness (QED) is 0.867. The van der Waals surface area contributed by atoms with Crippen LogP contribution in [0.5, 0.6) is 11.5 Å². The van der Waals surface area contributed by atoms with Crippen LogP contribution in [0.15, 0.2) is 18.2 Å². The van der Waals surface area contributed by atoms with Crippen LogP contribution < -0.4 is 14.8 Å². The van der Waals surface area contributed by atoms with Gasteiger partial charge in [-0.2, -0.15) is 0 Å². The maximum Gasteiger partial charge on any atom is 0.161 e. The van der Waals surface area contributed by atoms with Gasteiger partial charge in [-0.15, -0.1) is 0 Å². The number of methoxy groups -OCH3 is 2.